The molecule has 0 saturated heterocycles. The van der Waals surface area contributed by atoms with Gasteiger partial charge in [-0.3, -0.25) is 0 Å². The third-order valence-corrected chi connectivity index (χ3v) is 3.07. The van der Waals surface area contributed by atoms with Crippen LogP contribution in [0.3, 0.4) is 0 Å². The molecule has 2 nitrogen and oxygen atoms in total. The lowest BCUT2D eigenvalue weighted by atomic mass is 10.0. The smallest absolute Gasteiger partial charge is 0.128 e. The van der Waals surface area contributed by atoms with E-state index in [0.717, 1.165) is 16.7 Å². The molecule has 0 aromatic heterocycles. The fraction of sp³-hybridized carbons (Fsp3) is 0.333. The zero-order chi connectivity index (χ0) is 11.5. The second-order valence-electron chi connectivity index (χ2n) is 3.63. The van der Waals surface area contributed by atoms with Crippen molar-refractivity contribution in [3.05, 3.63) is 45.9 Å². The molecule has 16 heavy (non-hydrogen) atoms. The molecular weight excluding hydrogens is 273 g/mol. The minimum Gasteiger partial charge on any atom is -0.496 e. The Morgan fingerprint density at radius 1 is 1.50 bits per heavy atom. The number of halogens is 2. The fourth-order valence-corrected chi connectivity index (χ4v) is 2.20. The molecule has 86 valence electrons. The van der Waals surface area contributed by atoms with Crippen molar-refractivity contribution in [2.45, 2.75) is 12.5 Å². The zero-order valence-electron chi connectivity index (χ0n) is 8.97. The summed E-state index contributed by atoms with van der Waals surface area (Å²) in [5.41, 5.74) is 0.602. The van der Waals surface area contributed by atoms with E-state index in [4.69, 9.17) is 4.74 Å². The maximum absolute atomic E-state index is 13.7. The molecule has 0 saturated carbocycles. The molecule has 2 rings (SSSR count). The van der Waals surface area contributed by atoms with Gasteiger partial charge in [0.2, 0.25) is 0 Å². The lowest BCUT2D eigenvalue weighted by Crippen LogP contribution is -2.20. The normalized spacial score (nSPS) is 16.8. The minimum absolute atomic E-state index is 0.208. The van der Waals surface area contributed by atoms with Crippen LogP contribution in [0.5, 0.6) is 0 Å². The van der Waals surface area contributed by atoms with Crippen LogP contribution in [0.4, 0.5) is 4.39 Å². The maximum atomic E-state index is 13.7. The Bertz CT molecular complexity index is 419. The standard InChI is InChI=1S/C12H13BrFNO/c1-15-12(11-3-2-6-16-11)9-7-8(13)4-5-10(9)14/h3-5,7,12,15H,2,6H2,1H3. The van der Waals surface area contributed by atoms with E-state index in [-0.39, 0.29) is 11.9 Å². The molecule has 1 aromatic carbocycles. The highest BCUT2D eigenvalue weighted by Gasteiger charge is 2.22. The van der Waals surface area contributed by atoms with Gasteiger partial charge in [-0.1, -0.05) is 15.9 Å². The minimum atomic E-state index is -0.223. The molecule has 1 heterocycles. The molecule has 0 fully saturated rings. The first kappa shape index (κ1) is 11.6. The van der Waals surface area contributed by atoms with Gasteiger partial charge in [-0.25, -0.2) is 4.39 Å². The van der Waals surface area contributed by atoms with Crippen molar-refractivity contribution in [3.8, 4) is 0 Å². The molecule has 1 aliphatic rings. The van der Waals surface area contributed by atoms with Crippen LogP contribution >= 0.6 is 15.9 Å². The van der Waals surface area contributed by atoms with Crippen LogP contribution in [0.1, 0.15) is 18.0 Å². The molecule has 0 aliphatic carbocycles. The predicted molar refractivity (Wildman–Crippen MR) is 64.6 cm³/mol. The van der Waals surface area contributed by atoms with Crippen molar-refractivity contribution in [1.82, 2.24) is 5.32 Å². The Morgan fingerprint density at radius 3 is 2.94 bits per heavy atom. The predicted octanol–water partition coefficient (Wildman–Crippen LogP) is 3.15. The summed E-state index contributed by atoms with van der Waals surface area (Å²) in [5, 5.41) is 3.07. The van der Waals surface area contributed by atoms with Gasteiger partial charge in [0.25, 0.3) is 0 Å². The molecule has 4 heteroatoms. The average Bonchev–Trinajstić information content (AvgIpc) is 2.78. The Labute approximate surface area is 103 Å². The summed E-state index contributed by atoms with van der Waals surface area (Å²) in [7, 11) is 1.80. The Hall–Kier alpha value is -0.870. The molecule has 1 unspecified atom stereocenters. The van der Waals surface area contributed by atoms with Gasteiger partial charge in [0.1, 0.15) is 11.6 Å². The Kier molecular flexibility index (Phi) is 3.61. The van der Waals surface area contributed by atoms with E-state index >= 15 is 0 Å². The van der Waals surface area contributed by atoms with Crippen LogP contribution in [0.15, 0.2) is 34.5 Å². The van der Waals surface area contributed by atoms with Crippen molar-refractivity contribution < 1.29 is 9.13 Å². The molecule has 0 amide bonds. The number of likely N-dealkylation sites (N-methyl/N-ethyl adjacent to an activating group) is 1. The molecule has 1 aromatic rings. The number of ether oxygens (including phenoxy) is 1. The quantitative estimate of drug-likeness (QED) is 0.921. The van der Waals surface area contributed by atoms with Crippen LogP contribution in [-0.4, -0.2) is 13.7 Å². The van der Waals surface area contributed by atoms with Crippen molar-refractivity contribution in [2.75, 3.05) is 13.7 Å². The van der Waals surface area contributed by atoms with Crippen LogP contribution in [0.25, 0.3) is 0 Å². The van der Waals surface area contributed by atoms with E-state index in [1.807, 2.05) is 6.08 Å². The summed E-state index contributed by atoms with van der Waals surface area (Å²) >= 11 is 3.35. The van der Waals surface area contributed by atoms with Gasteiger partial charge in [-0.2, -0.15) is 0 Å². The molecule has 0 bridgehead atoms. The fourth-order valence-electron chi connectivity index (χ4n) is 1.82. The van der Waals surface area contributed by atoms with Crippen LogP contribution in [0, 0.1) is 5.82 Å². The molecule has 0 radical (unpaired) electrons. The summed E-state index contributed by atoms with van der Waals surface area (Å²) in [6, 6.07) is 4.72. The van der Waals surface area contributed by atoms with Gasteiger partial charge < -0.3 is 10.1 Å². The molecule has 1 aliphatic heterocycles. The third kappa shape index (κ3) is 2.28. The highest BCUT2D eigenvalue weighted by molar-refractivity contribution is 9.10. The van der Waals surface area contributed by atoms with E-state index in [1.54, 1.807) is 19.2 Å². The topological polar surface area (TPSA) is 21.3 Å². The van der Waals surface area contributed by atoms with Crippen LogP contribution in [0.2, 0.25) is 0 Å². The van der Waals surface area contributed by atoms with Gasteiger partial charge >= 0.3 is 0 Å². The van der Waals surface area contributed by atoms with Gasteiger partial charge in [-0.05, 0) is 31.3 Å². The van der Waals surface area contributed by atoms with E-state index in [0.29, 0.717) is 12.2 Å². The first-order valence-corrected chi connectivity index (χ1v) is 5.96. The first-order chi connectivity index (χ1) is 7.72. The average molecular weight is 286 g/mol. The van der Waals surface area contributed by atoms with Crippen LogP contribution < -0.4 is 5.32 Å². The van der Waals surface area contributed by atoms with E-state index in [9.17, 15) is 4.39 Å². The van der Waals surface area contributed by atoms with E-state index in [1.165, 1.54) is 6.07 Å². The monoisotopic (exact) mass is 285 g/mol. The molecule has 1 N–H and O–H groups in total. The van der Waals surface area contributed by atoms with Crippen molar-refractivity contribution >= 4 is 15.9 Å². The summed E-state index contributed by atoms with van der Waals surface area (Å²) in [6.07, 6.45) is 2.89. The van der Waals surface area contributed by atoms with Gasteiger partial charge in [0.05, 0.1) is 12.6 Å². The Balaban J connectivity index is 2.35. The van der Waals surface area contributed by atoms with Crippen LogP contribution in [-0.2, 0) is 4.74 Å². The third-order valence-electron chi connectivity index (χ3n) is 2.57. The van der Waals surface area contributed by atoms with Crippen molar-refractivity contribution in [3.63, 3.8) is 0 Å². The Morgan fingerprint density at radius 2 is 2.31 bits per heavy atom. The van der Waals surface area contributed by atoms with Crippen molar-refractivity contribution in [1.29, 1.82) is 0 Å². The number of hydrogen-bond donors (Lipinski definition) is 1. The second-order valence-corrected chi connectivity index (χ2v) is 4.55. The van der Waals surface area contributed by atoms with E-state index < -0.39 is 0 Å². The highest BCUT2D eigenvalue weighted by atomic mass is 79.9. The summed E-state index contributed by atoms with van der Waals surface area (Å²) in [5.74, 6) is 0.582. The molecular formula is C12H13BrFNO. The first-order valence-electron chi connectivity index (χ1n) is 5.17. The molecule has 1 atom stereocenters. The number of hydrogen-bond acceptors (Lipinski definition) is 2. The highest BCUT2D eigenvalue weighted by Crippen LogP contribution is 2.29. The largest absolute Gasteiger partial charge is 0.496 e. The maximum Gasteiger partial charge on any atom is 0.128 e. The number of nitrogens with one attached hydrogen (secondary N) is 1. The second kappa shape index (κ2) is 4.97. The summed E-state index contributed by atoms with van der Waals surface area (Å²) in [6.45, 7) is 0.684. The van der Waals surface area contributed by atoms with Crippen molar-refractivity contribution in [2.24, 2.45) is 0 Å². The van der Waals surface area contributed by atoms with Gasteiger partial charge in [-0.15, -0.1) is 0 Å². The lowest BCUT2D eigenvalue weighted by Gasteiger charge is -2.18. The number of rotatable bonds is 3. The zero-order valence-corrected chi connectivity index (χ0v) is 10.6. The SMILES string of the molecule is CNC(C1=CCCO1)c1cc(Br)ccc1F. The lowest BCUT2D eigenvalue weighted by molar-refractivity contribution is 0.217. The van der Waals surface area contributed by atoms with E-state index in [2.05, 4.69) is 21.2 Å². The summed E-state index contributed by atoms with van der Waals surface area (Å²) in [4.78, 5) is 0. The molecule has 0 spiro atoms. The number of benzene rings is 1. The van der Waals surface area contributed by atoms with Gasteiger partial charge in [0, 0.05) is 16.5 Å². The van der Waals surface area contributed by atoms with Gasteiger partial charge in [0.15, 0.2) is 0 Å². The summed E-state index contributed by atoms with van der Waals surface area (Å²) < 4.78 is 20.1.